The van der Waals surface area contributed by atoms with E-state index >= 15 is 0 Å². The van der Waals surface area contributed by atoms with Gasteiger partial charge in [0.15, 0.2) is 0 Å². The van der Waals surface area contributed by atoms with E-state index in [4.69, 9.17) is 4.74 Å². The van der Waals surface area contributed by atoms with Crippen molar-refractivity contribution < 1.29 is 14.3 Å². The summed E-state index contributed by atoms with van der Waals surface area (Å²) in [7, 11) is 1.75. The highest BCUT2D eigenvalue weighted by atomic mass is 16.5. The highest BCUT2D eigenvalue weighted by Crippen LogP contribution is 2.25. The van der Waals surface area contributed by atoms with Crippen LogP contribution in [0.1, 0.15) is 58.1 Å². The molecule has 0 saturated heterocycles. The molecule has 1 aromatic carbocycles. The number of hydrogen-bond donors (Lipinski definition) is 1. The zero-order valence-corrected chi connectivity index (χ0v) is 18.9. The van der Waals surface area contributed by atoms with E-state index in [1.165, 1.54) is 0 Å². The molecule has 0 saturated carbocycles. The molecule has 1 unspecified atom stereocenters. The van der Waals surface area contributed by atoms with Gasteiger partial charge < -0.3 is 15.0 Å². The number of hydrogen-bond acceptors (Lipinski definition) is 4. The lowest BCUT2D eigenvalue weighted by atomic mass is 9.94. The normalized spacial score (nSPS) is 17.0. The van der Waals surface area contributed by atoms with Gasteiger partial charge in [0.05, 0.1) is 6.61 Å². The Kier molecular flexibility index (Phi) is 8.63. The van der Waals surface area contributed by atoms with Gasteiger partial charge in [-0.15, -0.1) is 0 Å². The molecule has 6 nitrogen and oxygen atoms in total. The van der Waals surface area contributed by atoms with Crippen LogP contribution in [0.15, 0.2) is 40.9 Å². The van der Waals surface area contributed by atoms with Crippen LogP contribution in [0.2, 0.25) is 0 Å². The van der Waals surface area contributed by atoms with Crippen molar-refractivity contribution in [2.75, 3.05) is 13.7 Å². The monoisotopic (exact) mass is 413 g/mol. The maximum absolute atomic E-state index is 12.9. The van der Waals surface area contributed by atoms with Gasteiger partial charge in [-0.3, -0.25) is 4.99 Å². The second-order valence-electron chi connectivity index (χ2n) is 8.64. The number of esters is 1. The molecule has 1 N–H and O–H groups in total. The van der Waals surface area contributed by atoms with Crippen LogP contribution in [0.3, 0.4) is 0 Å². The first-order chi connectivity index (χ1) is 14.2. The van der Waals surface area contributed by atoms with Crippen LogP contribution >= 0.6 is 0 Å². The van der Waals surface area contributed by atoms with E-state index in [9.17, 15) is 9.59 Å². The molecular weight excluding hydrogens is 378 g/mol. The number of fused-ring (bicyclic) bond motifs is 1. The van der Waals surface area contributed by atoms with Crippen LogP contribution in [0.4, 0.5) is 4.79 Å². The number of benzene rings is 1. The number of carbonyl (C=O) groups excluding carboxylic acids is 2. The number of rotatable bonds is 7. The van der Waals surface area contributed by atoms with Gasteiger partial charge in [0.2, 0.25) is 0 Å². The Hall–Kier alpha value is -2.63. The van der Waals surface area contributed by atoms with Crippen molar-refractivity contribution >= 4 is 18.2 Å². The molecule has 0 fully saturated rings. The summed E-state index contributed by atoms with van der Waals surface area (Å²) in [5.74, 6) is -0.348. The topological polar surface area (TPSA) is 71.0 Å². The van der Waals surface area contributed by atoms with Crippen LogP contribution in [0, 0.1) is 0 Å². The minimum atomic E-state index is -0.620. The fourth-order valence-corrected chi connectivity index (χ4v) is 3.53. The average molecular weight is 414 g/mol. The maximum Gasteiger partial charge on any atom is 0.329 e. The molecule has 2 rings (SSSR count). The molecule has 1 aliphatic heterocycles. The fraction of sp³-hybridized carbons (Fsp3) is 0.542. The lowest BCUT2D eigenvalue weighted by Crippen LogP contribution is -2.56. The van der Waals surface area contributed by atoms with Gasteiger partial charge in [0.25, 0.3) is 0 Å². The van der Waals surface area contributed by atoms with Gasteiger partial charge in [-0.05, 0) is 56.7 Å². The largest absolute Gasteiger partial charge is 0.464 e. The van der Waals surface area contributed by atoms with Crippen LogP contribution in [0.5, 0.6) is 0 Å². The van der Waals surface area contributed by atoms with Gasteiger partial charge in [0.1, 0.15) is 6.04 Å². The van der Waals surface area contributed by atoms with Crippen LogP contribution < -0.4 is 5.32 Å². The number of urea groups is 1. The summed E-state index contributed by atoms with van der Waals surface area (Å²) in [6.45, 7) is 8.59. The van der Waals surface area contributed by atoms with E-state index in [1.54, 1.807) is 11.9 Å². The van der Waals surface area contributed by atoms with Crippen molar-refractivity contribution in [3.8, 4) is 0 Å². The number of carbonyl (C=O) groups is 2. The van der Waals surface area contributed by atoms with Gasteiger partial charge in [-0.1, -0.05) is 37.3 Å². The number of allylic oxidation sites excluding steroid dienone is 2. The Bertz CT molecular complexity index is 793. The third-order valence-corrected chi connectivity index (χ3v) is 4.88. The maximum atomic E-state index is 12.9. The van der Waals surface area contributed by atoms with E-state index in [0.717, 1.165) is 36.0 Å². The third kappa shape index (κ3) is 7.01. The highest BCUT2D eigenvalue weighted by Gasteiger charge is 2.36. The van der Waals surface area contributed by atoms with Gasteiger partial charge in [-0.25, -0.2) is 9.59 Å². The summed E-state index contributed by atoms with van der Waals surface area (Å²) in [5, 5.41) is 2.97. The summed E-state index contributed by atoms with van der Waals surface area (Å²) < 4.78 is 5.58. The van der Waals surface area contributed by atoms with E-state index < -0.39 is 6.04 Å². The Morgan fingerprint density at radius 3 is 2.60 bits per heavy atom. The van der Waals surface area contributed by atoms with E-state index in [-0.39, 0.29) is 17.5 Å². The van der Waals surface area contributed by atoms with E-state index in [0.29, 0.717) is 19.6 Å². The lowest BCUT2D eigenvalue weighted by Gasteiger charge is -2.37. The number of nitrogens with zero attached hydrogens (tertiary/aromatic N) is 2. The third-order valence-electron chi connectivity index (χ3n) is 4.88. The molecule has 1 aromatic rings. The van der Waals surface area contributed by atoms with E-state index in [2.05, 4.69) is 23.3 Å². The summed E-state index contributed by atoms with van der Waals surface area (Å²) in [6.07, 6.45) is 6.92. The zero-order chi connectivity index (χ0) is 22.1. The first-order valence-electron chi connectivity index (χ1n) is 10.7. The van der Waals surface area contributed by atoms with Crippen LogP contribution in [0.25, 0.3) is 0 Å². The molecule has 1 aliphatic rings. The van der Waals surface area contributed by atoms with Crippen molar-refractivity contribution in [1.29, 1.82) is 0 Å². The molecule has 0 aromatic heterocycles. The summed E-state index contributed by atoms with van der Waals surface area (Å²) in [4.78, 5) is 31.5. The zero-order valence-electron chi connectivity index (χ0n) is 18.9. The number of nitrogens with one attached hydrogen (secondary N) is 1. The average Bonchev–Trinajstić information content (AvgIpc) is 2.69. The second-order valence-corrected chi connectivity index (χ2v) is 8.64. The number of ether oxygens (including phenoxy) is 1. The van der Waals surface area contributed by atoms with Crippen molar-refractivity contribution in [3.05, 3.63) is 47.0 Å². The molecule has 0 radical (unpaired) electrons. The molecule has 2 amide bonds. The van der Waals surface area contributed by atoms with Crippen molar-refractivity contribution in [3.63, 3.8) is 0 Å². The van der Waals surface area contributed by atoms with Gasteiger partial charge >= 0.3 is 12.0 Å². The molecule has 0 spiro atoms. The lowest BCUT2D eigenvalue weighted by molar-refractivity contribution is -0.149. The Balaban J connectivity index is 2.04. The summed E-state index contributed by atoms with van der Waals surface area (Å²) in [5.41, 5.74) is 2.92. The quantitative estimate of drug-likeness (QED) is 0.412. The predicted octanol–water partition coefficient (Wildman–Crippen LogP) is 4.28. The molecule has 0 bridgehead atoms. The summed E-state index contributed by atoms with van der Waals surface area (Å²) in [6, 6.07) is 7.07. The SMILES string of the molecule is CC/C=C(\C=NC)CCCOC(=O)C1Cc2ccccc2CN1C(=O)NC(C)(C)C. The van der Waals surface area contributed by atoms with Crippen molar-refractivity contribution in [2.45, 2.75) is 71.5 Å². The van der Waals surface area contributed by atoms with Gasteiger partial charge in [0, 0.05) is 31.8 Å². The van der Waals surface area contributed by atoms with Crippen LogP contribution in [-0.2, 0) is 22.5 Å². The van der Waals surface area contributed by atoms with Crippen molar-refractivity contribution in [2.24, 2.45) is 4.99 Å². The molecule has 0 aliphatic carbocycles. The standard InChI is InChI=1S/C24H35N3O3/c1-6-10-18(16-25-5)11-9-14-30-22(28)21-15-19-12-7-8-13-20(19)17-27(21)23(29)26-24(2,3)4/h7-8,10,12-13,16,21H,6,9,11,14-15,17H2,1-5H3,(H,26,29)/b18-10-,25-16?. The van der Waals surface area contributed by atoms with E-state index in [1.807, 2.05) is 51.3 Å². The molecule has 164 valence electrons. The van der Waals surface area contributed by atoms with Gasteiger partial charge in [-0.2, -0.15) is 0 Å². The molecular formula is C24H35N3O3. The first kappa shape index (κ1) is 23.6. The minimum Gasteiger partial charge on any atom is -0.464 e. The van der Waals surface area contributed by atoms with Crippen LogP contribution in [-0.4, -0.2) is 48.4 Å². The number of aliphatic imine (C=N–C) groups is 1. The highest BCUT2D eigenvalue weighted by molar-refractivity contribution is 5.85. The minimum absolute atomic E-state index is 0.244. The number of amides is 2. The Labute approximate surface area is 180 Å². The Morgan fingerprint density at radius 2 is 1.97 bits per heavy atom. The summed E-state index contributed by atoms with van der Waals surface area (Å²) >= 11 is 0. The molecule has 1 heterocycles. The smallest absolute Gasteiger partial charge is 0.329 e. The second kappa shape index (κ2) is 11.0. The molecule has 6 heteroatoms. The predicted molar refractivity (Wildman–Crippen MR) is 121 cm³/mol. The first-order valence-corrected chi connectivity index (χ1v) is 10.7. The molecule has 1 atom stereocenters. The Morgan fingerprint density at radius 1 is 1.27 bits per heavy atom. The molecule has 30 heavy (non-hydrogen) atoms. The fourth-order valence-electron chi connectivity index (χ4n) is 3.53. The van der Waals surface area contributed by atoms with Crippen molar-refractivity contribution in [1.82, 2.24) is 10.2 Å².